The minimum absolute atomic E-state index is 0. The Morgan fingerprint density at radius 1 is 0.833 bits per heavy atom. The van der Waals surface area contributed by atoms with E-state index in [0.717, 1.165) is 0 Å². The number of hydrogen-bond acceptors (Lipinski definition) is 2. The first-order valence-corrected chi connectivity index (χ1v) is 1.77. The van der Waals surface area contributed by atoms with Crippen molar-refractivity contribution in [2.45, 2.75) is 0 Å². The Morgan fingerprint density at radius 2 is 1.00 bits per heavy atom. The van der Waals surface area contributed by atoms with Crippen LogP contribution in [0.3, 0.4) is 0 Å². The van der Waals surface area contributed by atoms with Gasteiger partial charge in [-0.2, -0.15) is 0 Å². The number of carboxylic acid groups (broad SMARTS) is 2. The SMILES string of the molecule is O=C(O)/C=C/C(=O)O.[CH3-].[CH3-].[Zn].[Zn]. The first-order valence-electron chi connectivity index (χ1n) is 1.77. The normalized spacial score (nSPS) is 6.33. The number of carboxylic acids is 2. The largest absolute Gasteiger partial charge is 0.478 e. The van der Waals surface area contributed by atoms with Crippen molar-refractivity contribution in [2.24, 2.45) is 0 Å². The minimum Gasteiger partial charge on any atom is -0.478 e. The summed E-state index contributed by atoms with van der Waals surface area (Å²) in [6.07, 6.45) is 1.12. The molecule has 0 aromatic heterocycles. The summed E-state index contributed by atoms with van der Waals surface area (Å²) < 4.78 is 0. The van der Waals surface area contributed by atoms with E-state index < -0.39 is 11.9 Å². The quantitative estimate of drug-likeness (QED) is 0.440. The molecule has 12 heavy (non-hydrogen) atoms. The van der Waals surface area contributed by atoms with Gasteiger partial charge in [0.15, 0.2) is 0 Å². The third-order valence-electron chi connectivity index (χ3n) is 0.368. The summed E-state index contributed by atoms with van der Waals surface area (Å²) in [5.41, 5.74) is 0. The van der Waals surface area contributed by atoms with Gasteiger partial charge in [-0.3, -0.25) is 0 Å². The van der Waals surface area contributed by atoms with Crippen LogP contribution in [-0.2, 0) is 48.5 Å². The molecule has 0 rings (SSSR count). The first kappa shape index (κ1) is 29.7. The summed E-state index contributed by atoms with van der Waals surface area (Å²) in [4.78, 5) is 19.1. The second-order valence-corrected chi connectivity index (χ2v) is 1.01. The van der Waals surface area contributed by atoms with Crippen LogP contribution in [0, 0.1) is 14.9 Å². The fourth-order valence-electron chi connectivity index (χ4n) is 0.143. The Bertz CT molecular complexity index is 128. The maximum Gasteiger partial charge on any atom is 0.328 e. The Morgan fingerprint density at radius 3 is 1.08 bits per heavy atom. The fraction of sp³-hybridized carbons (Fsp3) is 0. The van der Waals surface area contributed by atoms with Crippen LogP contribution in [0.4, 0.5) is 0 Å². The van der Waals surface area contributed by atoms with Crippen LogP contribution in [0.1, 0.15) is 0 Å². The second-order valence-electron chi connectivity index (χ2n) is 1.01. The summed E-state index contributed by atoms with van der Waals surface area (Å²) in [7, 11) is 0. The van der Waals surface area contributed by atoms with E-state index in [1.807, 2.05) is 0 Å². The Hall–Kier alpha value is -0.0732. The zero-order valence-electron chi connectivity index (χ0n) is 7.28. The third-order valence-corrected chi connectivity index (χ3v) is 0.368. The predicted octanol–water partition coefficient (Wildman–Crippen LogP) is 0.607. The molecule has 0 amide bonds. The van der Waals surface area contributed by atoms with E-state index in [2.05, 4.69) is 0 Å². The monoisotopic (exact) mass is 274 g/mol. The number of aliphatic carboxylic acids is 2. The van der Waals surface area contributed by atoms with Crippen LogP contribution >= 0.6 is 0 Å². The van der Waals surface area contributed by atoms with Gasteiger partial charge in [0.2, 0.25) is 0 Å². The van der Waals surface area contributed by atoms with Gasteiger partial charge in [-0.15, -0.1) is 0 Å². The molecule has 2 N–H and O–H groups in total. The molecule has 0 bridgehead atoms. The minimum atomic E-state index is -1.26. The van der Waals surface area contributed by atoms with E-state index in [1.165, 1.54) is 0 Å². The van der Waals surface area contributed by atoms with E-state index in [1.54, 1.807) is 0 Å². The summed E-state index contributed by atoms with van der Waals surface area (Å²) in [5.74, 6) is -2.51. The molecule has 0 saturated heterocycles. The molecule has 6 heteroatoms. The summed E-state index contributed by atoms with van der Waals surface area (Å²) >= 11 is 0. The maximum atomic E-state index is 9.55. The first-order chi connectivity index (χ1) is 3.63. The summed E-state index contributed by atoms with van der Waals surface area (Å²) in [6.45, 7) is 0. The van der Waals surface area contributed by atoms with Gasteiger partial charge in [-0.25, -0.2) is 9.59 Å². The van der Waals surface area contributed by atoms with Gasteiger partial charge in [0.1, 0.15) is 0 Å². The molecule has 0 saturated carbocycles. The zero-order chi connectivity index (χ0) is 6.57. The zero-order valence-corrected chi connectivity index (χ0v) is 13.2. The van der Waals surface area contributed by atoms with Crippen molar-refractivity contribution in [1.82, 2.24) is 0 Å². The van der Waals surface area contributed by atoms with Gasteiger partial charge in [0, 0.05) is 51.1 Å². The molecule has 0 fully saturated rings. The molecule has 0 unspecified atom stereocenters. The van der Waals surface area contributed by atoms with Crippen LogP contribution < -0.4 is 0 Å². The van der Waals surface area contributed by atoms with Gasteiger partial charge < -0.3 is 25.1 Å². The molecule has 0 aromatic rings. The average Bonchev–Trinajstić information content (AvgIpc) is 1.61. The van der Waals surface area contributed by atoms with Crippen molar-refractivity contribution < 1.29 is 58.8 Å². The molecule has 0 atom stereocenters. The molecule has 0 aliphatic heterocycles. The van der Waals surface area contributed by atoms with Crippen molar-refractivity contribution in [1.29, 1.82) is 0 Å². The van der Waals surface area contributed by atoms with Crippen LogP contribution in [0.25, 0.3) is 0 Å². The van der Waals surface area contributed by atoms with E-state index in [-0.39, 0.29) is 53.8 Å². The third kappa shape index (κ3) is 32.6. The molecule has 0 heterocycles. The average molecular weight is 277 g/mol. The number of rotatable bonds is 2. The molecular weight excluding hydrogens is 267 g/mol. The van der Waals surface area contributed by atoms with Crippen molar-refractivity contribution in [3.05, 3.63) is 27.0 Å². The van der Waals surface area contributed by atoms with E-state index in [9.17, 15) is 9.59 Å². The molecule has 4 nitrogen and oxygen atoms in total. The number of hydrogen-bond donors (Lipinski definition) is 2. The molecule has 64 valence electrons. The van der Waals surface area contributed by atoms with Gasteiger partial charge in [-0.05, 0) is 0 Å². The Labute approximate surface area is 97.6 Å². The Kier molecular flexibility index (Phi) is 42.4. The van der Waals surface area contributed by atoms with Crippen molar-refractivity contribution >= 4 is 11.9 Å². The summed E-state index contributed by atoms with van der Waals surface area (Å²) in [6, 6.07) is 0. The predicted molar refractivity (Wildman–Crippen MR) is 37.2 cm³/mol. The van der Waals surface area contributed by atoms with Gasteiger partial charge >= 0.3 is 11.9 Å². The van der Waals surface area contributed by atoms with E-state index >= 15 is 0 Å². The topological polar surface area (TPSA) is 74.6 Å². The van der Waals surface area contributed by atoms with Crippen molar-refractivity contribution in [2.75, 3.05) is 0 Å². The molecule has 0 aliphatic carbocycles. The van der Waals surface area contributed by atoms with Crippen molar-refractivity contribution in [3.8, 4) is 0 Å². The van der Waals surface area contributed by atoms with E-state index in [4.69, 9.17) is 10.2 Å². The molecule has 0 aromatic carbocycles. The molecule has 0 radical (unpaired) electrons. The van der Waals surface area contributed by atoms with Gasteiger partial charge in [-0.1, -0.05) is 0 Å². The molecule has 0 spiro atoms. The van der Waals surface area contributed by atoms with Gasteiger partial charge in [0.05, 0.1) is 0 Å². The van der Waals surface area contributed by atoms with E-state index in [0.29, 0.717) is 12.2 Å². The smallest absolute Gasteiger partial charge is 0.328 e. The number of carbonyl (C=O) groups is 2. The van der Waals surface area contributed by atoms with Crippen LogP contribution in [0.5, 0.6) is 0 Å². The maximum absolute atomic E-state index is 9.55. The fourth-order valence-corrected chi connectivity index (χ4v) is 0.143. The molecular formula is C6H10O4Zn2-2. The standard InChI is InChI=1S/C4H4O4.2CH3.2Zn/c5-3(6)1-2-4(7)8;;;;/h1-2H,(H,5,6)(H,7,8);2*1H3;;/q;2*-1;;/b2-1+;;;;. The summed E-state index contributed by atoms with van der Waals surface area (Å²) in [5, 5.41) is 15.6. The van der Waals surface area contributed by atoms with Crippen molar-refractivity contribution in [3.63, 3.8) is 0 Å². The second kappa shape index (κ2) is 17.1. The van der Waals surface area contributed by atoms with Crippen LogP contribution in [-0.4, -0.2) is 22.2 Å². The Balaban J connectivity index is -0.0000000408. The van der Waals surface area contributed by atoms with Gasteiger partial charge in [0.25, 0.3) is 0 Å². The van der Waals surface area contributed by atoms with Crippen LogP contribution in [0.15, 0.2) is 12.2 Å². The molecule has 0 aliphatic rings. The van der Waals surface area contributed by atoms with Crippen LogP contribution in [0.2, 0.25) is 0 Å².